The van der Waals surface area contributed by atoms with Crippen LogP contribution in [0.4, 0.5) is 0 Å². The first-order valence-electron chi connectivity index (χ1n) is 8.38. The molecule has 0 N–H and O–H groups in total. The molecule has 0 fully saturated rings. The molecule has 0 radical (unpaired) electrons. The molecule has 0 heterocycles. The van der Waals surface area contributed by atoms with E-state index >= 15 is 0 Å². The highest BCUT2D eigenvalue weighted by Crippen LogP contribution is 2.25. The van der Waals surface area contributed by atoms with Gasteiger partial charge in [0.15, 0.2) is 0 Å². The smallest absolute Gasteiger partial charge is 0.260 e. The van der Waals surface area contributed by atoms with E-state index in [1.165, 1.54) is 32.1 Å². The molecular formula is C18H30O3S. The molecule has 1 aromatic rings. The van der Waals surface area contributed by atoms with E-state index in [0.717, 1.165) is 19.3 Å². The minimum atomic E-state index is -3.67. The molecule has 3 nitrogen and oxygen atoms in total. The lowest BCUT2D eigenvalue weighted by atomic mass is 10.0. The molecule has 126 valence electrons. The fourth-order valence-electron chi connectivity index (χ4n) is 2.48. The van der Waals surface area contributed by atoms with Crippen molar-refractivity contribution in [1.29, 1.82) is 0 Å². The molecule has 0 aliphatic heterocycles. The molecule has 0 amide bonds. The first kappa shape index (κ1) is 19.2. The van der Waals surface area contributed by atoms with Crippen molar-refractivity contribution >= 4 is 10.1 Å². The number of hydrogen-bond acceptors (Lipinski definition) is 3. The number of hydrogen-bond donors (Lipinski definition) is 0. The molecule has 22 heavy (non-hydrogen) atoms. The zero-order valence-corrected chi connectivity index (χ0v) is 15.0. The summed E-state index contributed by atoms with van der Waals surface area (Å²) in [4.78, 5) is 0.225. The minimum Gasteiger partial charge on any atom is -0.260 e. The van der Waals surface area contributed by atoms with Crippen molar-refractivity contribution in [3.8, 4) is 0 Å². The molecule has 0 aliphatic rings. The number of benzene rings is 1. The molecule has 0 aliphatic carbocycles. The van der Waals surface area contributed by atoms with E-state index in [-0.39, 0.29) is 4.90 Å². The van der Waals surface area contributed by atoms with Gasteiger partial charge in [-0.25, -0.2) is 0 Å². The third-order valence-corrected chi connectivity index (χ3v) is 5.27. The fraction of sp³-hybridized carbons (Fsp3) is 0.667. The summed E-state index contributed by atoms with van der Waals surface area (Å²) in [6, 6.07) is 8.35. The summed E-state index contributed by atoms with van der Waals surface area (Å²) < 4.78 is 29.9. The second-order valence-corrected chi connectivity index (χ2v) is 8.03. The standard InChI is InChI=1S/C18H30O3S/c1-4-5-6-7-8-9-13-16-18(2,3)21-22(19,20)17-14-11-10-12-15-17/h10-12,14-15H,4-9,13,16H2,1-3H3/i2+2. The lowest BCUT2D eigenvalue weighted by molar-refractivity contribution is 0.104. The van der Waals surface area contributed by atoms with Crippen LogP contribution in [-0.4, -0.2) is 14.0 Å². The van der Waals surface area contributed by atoms with Gasteiger partial charge in [-0.1, -0.05) is 70.1 Å². The van der Waals surface area contributed by atoms with Gasteiger partial charge in [0.1, 0.15) is 0 Å². The topological polar surface area (TPSA) is 43.4 Å². The van der Waals surface area contributed by atoms with Crippen LogP contribution in [0.1, 0.15) is 72.1 Å². The lowest BCUT2D eigenvalue weighted by Crippen LogP contribution is -2.28. The summed E-state index contributed by atoms with van der Waals surface area (Å²) in [5.74, 6) is 0. The Hall–Kier alpha value is -0.870. The quantitative estimate of drug-likeness (QED) is 0.408. The van der Waals surface area contributed by atoms with Crippen molar-refractivity contribution < 1.29 is 12.6 Å². The Morgan fingerprint density at radius 1 is 1.00 bits per heavy atom. The van der Waals surface area contributed by atoms with E-state index in [4.69, 9.17) is 4.18 Å². The van der Waals surface area contributed by atoms with Crippen LogP contribution in [0.15, 0.2) is 35.2 Å². The van der Waals surface area contributed by atoms with E-state index in [0.29, 0.717) is 0 Å². The van der Waals surface area contributed by atoms with E-state index in [2.05, 4.69) is 6.92 Å². The van der Waals surface area contributed by atoms with Crippen molar-refractivity contribution in [2.24, 2.45) is 0 Å². The Morgan fingerprint density at radius 3 is 2.14 bits per heavy atom. The zero-order chi connectivity index (χ0) is 16.5. The molecule has 0 saturated carbocycles. The first-order valence-corrected chi connectivity index (χ1v) is 9.79. The van der Waals surface area contributed by atoms with Crippen molar-refractivity contribution in [2.45, 2.75) is 82.6 Å². The molecule has 0 spiro atoms. The van der Waals surface area contributed by atoms with Gasteiger partial charge in [0.2, 0.25) is 0 Å². The van der Waals surface area contributed by atoms with Crippen LogP contribution in [0.2, 0.25) is 0 Å². The maximum atomic E-state index is 12.2. The monoisotopic (exact) mass is 328 g/mol. The molecule has 4 heteroatoms. The molecule has 1 aromatic carbocycles. The van der Waals surface area contributed by atoms with Gasteiger partial charge in [-0.2, -0.15) is 8.42 Å². The van der Waals surface area contributed by atoms with Crippen molar-refractivity contribution in [3.05, 3.63) is 30.3 Å². The number of unbranched alkanes of at least 4 members (excludes halogenated alkanes) is 6. The number of rotatable bonds is 11. The predicted octanol–water partition coefficient (Wildman–Crippen LogP) is 5.31. The third-order valence-electron chi connectivity index (χ3n) is 3.75. The highest BCUT2D eigenvalue weighted by molar-refractivity contribution is 7.86. The Morgan fingerprint density at radius 2 is 1.55 bits per heavy atom. The maximum Gasteiger partial charge on any atom is 0.297 e. The second-order valence-electron chi connectivity index (χ2n) is 6.48. The van der Waals surface area contributed by atoms with Crippen LogP contribution >= 0.6 is 0 Å². The van der Waals surface area contributed by atoms with Crippen molar-refractivity contribution in [2.75, 3.05) is 0 Å². The van der Waals surface area contributed by atoms with Crippen LogP contribution in [0.3, 0.4) is 0 Å². The van der Waals surface area contributed by atoms with Crippen LogP contribution in [0.5, 0.6) is 0 Å². The fourth-order valence-corrected chi connectivity index (χ4v) is 3.75. The van der Waals surface area contributed by atoms with Gasteiger partial charge in [0.25, 0.3) is 10.1 Å². The normalized spacial score (nSPS) is 14.7. The van der Waals surface area contributed by atoms with Crippen molar-refractivity contribution in [1.82, 2.24) is 0 Å². The molecule has 0 aromatic heterocycles. The van der Waals surface area contributed by atoms with E-state index in [1.54, 1.807) is 30.3 Å². The first-order chi connectivity index (χ1) is 10.4. The second kappa shape index (κ2) is 9.31. The van der Waals surface area contributed by atoms with Gasteiger partial charge < -0.3 is 0 Å². The summed E-state index contributed by atoms with van der Waals surface area (Å²) in [7, 11) is -3.67. The molecule has 1 rings (SSSR count). The molecule has 1 atom stereocenters. The third kappa shape index (κ3) is 7.41. The van der Waals surface area contributed by atoms with Crippen LogP contribution in [0, 0.1) is 0 Å². The SMILES string of the molecule is CCCCCCCCCC(C)([14CH3])OS(=O)(=O)c1ccccc1. The average Bonchev–Trinajstić information content (AvgIpc) is 2.46. The van der Waals surface area contributed by atoms with Gasteiger partial charge >= 0.3 is 0 Å². The van der Waals surface area contributed by atoms with Gasteiger partial charge in [0.05, 0.1) is 10.5 Å². The van der Waals surface area contributed by atoms with E-state index < -0.39 is 15.7 Å². The Labute approximate surface area is 136 Å². The van der Waals surface area contributed by atoms with Crippen LogP contribution < -0.4 is 0 Å². The molecule has 1 unspecified atom stereocenters. The molecule has 0 saturated heterocycles. The highest BCUT2D eigenvalue weighted by atomic mass is 32.2. The van der Waals surface area contributed by atoms with Gasteiger partial charge in [-0.15, -0.1) is 0 Å². The lowest BCUT2D eigenvalue weighted by Gasteiger charge is -2.24. The zero-order valence-electron chi connectivity index (χ0n) is 14.2. The highest BCUT2D eigenvalue weighted by Gasteiger charge is 2.27. The minimum absolute atomic E-state index is 0.225. The van der Waals surface area contributed by atoms with E-state index in [1.807, 2.05) is 13.8 Å². The van der Waals surface area contributed by atoms with Gasteiger partial charge in [-0.05, 0) is 32.4 Å². The largest absolute Gasteiger partial charge is 0.297 e. The van der Waals surface area contributed by atoms with Gasteiger partial charge in [-0.3, -0.25) is 4.18 Å². The maximum absolute atomic E-state index is 12.2. The Kier molecular flexibility index (Phi) is 8.12. The van der Waals surface area contributed by atoms with E-state index in [9.17, 15) is 8.42 Å². The predicted molar refractivity (Wildman–Crippen MR) is 91.4 cm³/mol. The summed E-state index contributed by atoms with van der Waals surface area (Å²) in [5.41, 5.74) is -0.655. The molecule has 0 bridgehead atoms. The molecular weight excluding hydrogens is 298 g/mol. The Balaban J connectivity index is 2.37. The van der Waals surface area contributed by atoms with Crippen LogP contribution in [0.25, 0.3) is 0 Å². The Bertz CT molecular complexity index is 506. The van der Waals surface area contributed by atoms with Gasteiger partial charge in [0, 0.05) is 0 Å². The summed E-state index contributed by atoms with van der Waals surface area (Å²) in [6.45, 7) is 5.92. The van der Waals surface area contributed by atoms with Crippen molar-refractivity contribution in [3.63, 3.8) is 0 Å². The summed E-state index contributed by atoms with van der Waals surface area (Å²) >= 11 is 0. The average molecular weight is 328 g/mol. The summed E-state index contributed by atoms with van der Waals surface area (Å²) in [5, 5.41) is 0. The van der Waals surface area contributed by atoms with Crippen LogP contribution in [-0.2, 0) is 14.3 Å². The summed E-state index contributed by atoms with van der Waals surface area (Å²) in [6.07, 6.45) is 9.28.